The summed E-state index contributed by atoms with van der Waals surface area (Å²) in [6.45, 7) is 0. The van der Waals surface area contributed by atoms with Crippen LogP contribution in [0.1, 0.15) is 11.3 Å². The third-order valence-electron chi connectivity index (χ3n) is 3.13. The number of carbonyl (C=O) groups excluding carboxylic acids is 1. The van der Waals surface area contributed by atoms with Crippen LogP contribution in [0.4, 0.5) is 27.6 Å². The molecule has 26 heavy (non-hydrogen) atoms. The maximum absolute atomic E-state index is 13.6. The van der Waals surface area contributed by atoms with Gasteiger partial charge in [0.1, 0.15) is 17.2 Å². The minimum atomic E-state index is -4.67. The second-order valence-corrected chi connectivity index (χ2v) is 5.28. The molecule has 1 aromatic carbocycles. The maximum atomic E-state index is 13.6. The van der Waals surface area contributed by atoms with Crippen LogP contribution >= 0.6 is 11.6 Å². The van der Waals surface area contributed by atoms with E-state index in [9.17, 15) is 26.7 Å². The molecule has 1 N–H and O–H groups in total. The summed E-state index contributed by atoms with van der Waals surface area (Å²) in [5.41, 5.74) is -2.13. The van der Waals surface area contributed by atoms with E-state index in [2.05, 4.69) is 15.0 Å². The molecule has 0 aliphatic rings. The van der Waals surface area contributed by atoms with Gasteiger partial charge in [-0.05, 0) is 18.2 Å². The number of alkyl halides is 3. The van der Waals surface area contributed by atoms with Crippen LogP contribution in [-0.2, 0) is 15.7 Å². The van der Waals surface area contributed by atoms with E-state index in [1.807, 2.05) is 0 Å². The Bertz CT molecular complexity index is 868. The first-order valence-corrected chi connectivity index (χ1v) is 7.24. The van der Waals surface area contributed by atoms with E-state index >= 15 is 0 Å². The van der Waals surface area contributed by atoms with Crippen molar-refractivity contribution in [2.45, 2.75) is 6.18 Å². The molecule has 0 spiro atoms. The lowest BCUT2D eigenvalue weighted by Crippen LogP contribution is -2.11. The highest BCUT2D eigenvalue weighted by molar-refractivity contribution is 6.34. The molecule has 0 saturated carbocycles. The lowest BCUT2D eigenvalue weighted by Gasteiger charge is -2.11. The van der Waals surface area contributed by atoms with Crippen molar-refractivity contribution < 1.29 is 31.5 Å². The summed E-state index contributed by atoms with van der Waals surface area (Å²) >= 11 is 5.80. The molecular formula is C16H10ClF5N2O2. The number of rotatable bonds is 4. The highest BCUT2D eigenvalue weighted by atomic mass is 35.5. The summed E-state index contributed by atoms with van der Waals surface area (Å²) in [6, 6.07) is 3.15. The Kier molecular flexibility index (Phi) is 5.81. The maximum Gasteiger partial charge on any atom is 0.417 e. The average Bonchev–Trinajstić information content (AvgIpc) is 2.57. The molecule has 0 radical (unpaired) electrons. The molecule has 0 aliphatic carbocycles. The number of hydrogen-bond donors (Lipinski definition) is 1. The van der Waals surface area contributed by atoms with Crippen molar-refractivity contribution in [3.05, 3.63) is 64.6 Å². The fraction of sp³-hybridized carbons (Fsp3) is 0.125. The Balaban J connectivity index is 2.45. The van der Waals surface area contributed by atoms with Crippen molar-refractivity contribution in [3.63, 3.8) is 0 Å². The molecule has 4 nitrogen and oxygen atoms in total. The van der Waals surface area contributed by atoms with Gasteiger partial charge in [0.25, 0.3) is 0 Å². The zero-order valence-electron chi connectivity index (χ0n) is 13.0. The molecule has 0 amide bonds. The number of nitrogens with one attached hydrogen (secondary N) is 1. The number of benzene rings is 1. The Morgan fingerprint density at radius 3 is 2.54 bits per heavy atom. The number of ether oxygens (including phenoxy) is 1. The number of halogens is 6. The zero-order chi connectivity index (χ0) is 19.5. The number of carbonyl (C=O) groups is 1. The Hall–Kier alpha value is -2.68. The van der Waals surface area contributed by atoms with Gasteiger partial charge in [0.2, 0.25) is 0 Å². The predicted molar refractivity (Wildman–Crippen MR) is 84.2 cm³/mol. The van der Waals surface area contributed by atoms with Gasteiger partial charge in [-0.1, -0.05) is 11.6 Å². The fourth-order valence-corrected chi connectivity index (χ4v) is 2.15. The molecule has 0 unspecified atom stereocenters. The summed E-state index contributed by atoms with van der Waals surface area (Å²) in [5, 5.41) is 1.87. The molecule has 2 aromatic rings. The van der Waals surface area contributed by atoms with E-state index in [0.29, 0.717) is 12.3 Å². The van der Waals surface area contributed by atoms with Gasteiger partial charge in [-0.15, -0.1) is 0 Å². The van der Waals surface area contributed by atoms with Crippen LogP contribution in [0.3, 0.4) is 0 Å². The summed E-state index contributed by atoms with van der Waals surface area (Å²) in [7, 11) is 1.02. The van der Waals surface area contributed by atoms with Crippen LogP contribution < -0.4 is 5.32 Å². The molecule has 0 atom stereocenters. The van der Waals surface area contributed by atoms with Gasteiger partial charge in [0.05, 0.1) is 29.1 Å². The van der Waals surface area contributed by atoms with Crippen LogP contribution in [0.2, 0.25) is 5.02 Å². The van der Waals surface area contributed by atoms with Crippen molar-refractivity contribution in [2.24, 2.45) is 0 Å². The normalized spacial score (nSPS) is 12.0. The van der Waals surface area contributed by atoms with E-state index in [0.717, 1.165) is 31.5 Å². The smallest absolute Gasteiger partial charge is 0.417 e. The van der Waals surface area contributed by atoms with Crippen molar-refractivity contribution in [3.8, 4) is 0 Å². The number of esters is 1. The monoisotopic (exact) mass is 392 g/mol. The van der Waals surface area contributed by atoms with E-state index in [4.69, 9.17) is 11.6 Å². The molecule has 0 saturated heterocycles. The van der Waals surface area contributed by atoms with Gasteiger partial charge in [-0.3, -0.25) is 4.98 Å². The summed E-state index contributed by atoms with van der Waals surface area (Å²) < 4.78 is 69.4. The number of methoxy groups -OCH3 is 1. The molecular weight excluding hydrogens is 383 g/mol. The number of aromatic nitrogens is 1. The molecule has 0 fully saturated rings. The van der Waals surface area contributed by atoms with Gasteiger partial charge in [-0.25, -0.2) is 13.6 Å². The third kappa shape index (κ3) is 4.48. The van der Waals surface area contributed by atoms with Gasteiger partial charge >= 0.3 is 12.1 Å². The number of anilines is 1. The molecule has 0 bridgehead atoms. The zero-order valence-corrected chi connectivity index (χ0v) is 13.8. The second kappa shape index (κ2) is 7.69. The van der Waals surface area contributed by atoms with Gasteiger partial charge in [-0.2, -0.15) is 13.2 Å². The first kappa shape index (κ1) is 19.6. The van der Waals surface area contributed by atoms with Crippen molar-refractivity contribution >= 4 is 28.8 Å². The third-order valence-corrected chi connectivity index (χ3v) is 3.42. The molecule has 2 rings (SSSR count). The fourth-order valence-electron chi connectivity index (χ4n) is 1.88. The SMILES string of the molecule is COC(=O)C(=CNc1cc(F)ccc1F)c1ncc(C(F)(F)F)cc1Cl. The molecule has 1 heterocycles. The minimum absolute atomic E-state index is 0.311. The minimum Gasteiger partial charge on any atom is -0.465 e. The Morgan fingerprint density at radius 1 is 1.27 bits per heavy atom. The lowest BCUT2D eigenvalue weighted by molar-refractivity contribution is -0.137. The molecule has 138 valence electrons. The van der Waals surface area contributed by atoms with Crippen LogP contribution in [0.5, 0.6) is 0 Å². The first-order chi connectivity index (χ1) is 12.1. The summed E-state index contributed by atoms with van der Waals surface area (Å²) in [6.07, 6.45) is -3.28. The van der Waals surface area contributed by atoms with Crippen molar-refractivity contribution in [2.75, 3.05) is 12.4 Å². The number of nitrogens with zero attached hydrogens (tertiary/aromatic N) is 1. The van der Waals surface area contributed by atoms with E-state index in [-0.39, 0.29) is 17.0 Å². The van der Waals surface area contributed by atoms with Crippen LogP contribution in [0.25, 0.3) is 5.57 Å². The van der Waals surface area contributed by atoms with Crippen molar-refractivity contribution in [1.82, 2.24) is 4.98 Å². The Labute approximate surface area is 149 Å². The van der Waals surface area contributed by atoms with Gasteiger partial charge in [0.15, 0.2) is 0 Å². The quantitative estimate of drug-likeness (QED) is 0.467. The summed E-state index contributed by atoms with van der Waals surface area (Å²) in [4.78, 5) is 15.4. The number of pyridine rings is 1. The predicted octanol–water partition coefficient (Wildman–Crippen LogP) is 4.66. The molecule has 10 heteroatoms. The van der Waals surface area contributed by atoms with Crippen LogP contribution in [0.15, 0.2) is 36.7 Å². The molecule has 1 aromatic heterocycles. The highest BCUT2D eigenvalue weighted by Gasteiger charge is 2.32. The van der Waals surface area contributed by atoms with Gasteiger partial charge < -0.3 is 10.1 Å². The number of hydrogen-bond acceptors (Lipinski definition) is 4. The highest BCUT2D eigenvalue weighted by Crippen LogP contribution is 2.33. The van der Waals surface area contributed by atoms with Crippen molar-refractivity contribution in [1.29, 1.82) is 0 Å². The second-order valence-electron chi connectivity index (χ2n) is 4.87. The summed E-state index contributed by atoms with van der Waals surface area (Å²) in [5.74, 6) is -2.56. The van der Waals surface area contributed by atoms with E-state index in [1.165, 1.54) is 0 Å². The van der Waals surface area contributed by atoms with Gasteiger partial charge in [0, 0.05) is 18.5 Å². The van der Waals surface area contributed by atoms with E-state index in [1.54, 1.807) is 0 Å². The largest absolute Gasteiger partial charge is 0.465 e. The van der Waals surface area contributed by atoms with Crippen LogP contribution in [-0.4, -0.2) is 18.1 Å². The van der Waals surface area contributed by atoms with Crippen LogP contribution in [0, 0.1) is 11.6 Å². The topological polar surface area (TPSA) is 51.2 Å². The lowest BCUT2D eigenvalue weighted by atomic mass is 10.1. The standard InChI is InChI=1S/C16H10ClF5N2O2/c1-26-15(25)10(7-23-13-5-9(18)2-3-12(13)19)14-11(17)4-8(6-24-14)16(20,21)22/h2-7,23H,1H3. The molecule has 0 aliphatic heterocycles. The Morgan fingerprint density at radius 2 is 1.96 bits per heavy atom. The average molecular weight is 393 g/mol. The first-order valence-electron chi connectivity index (χ1n) is 6.86. The van der Waals surface area contributed by atoms with E-state index < -0.39 is 34.4 Å².